The second-order valence-corrected chi connectivity index (χ2v) is 4.15. The van der Waals surface area contributed by atoms with Gasteiger partial charge in [0, 0.05) is 12.4 Å². The van der Waals surface area contributed by atoms with Gasteiger partial charge < -0.3 is 10.2 Å². The van der Waals surface area contributed by atoms with Crippen molar-refractivity contribution in [3.05, 3.63) is 59.7 Å². The van der Waals surface area contributed by atoms with E-state index < -0.39 is 0 Å². The van der Waals surface area contributed by atoms with Crippen LogP contribution in [-0.4, -0.2) is 25.5 Å². The minimum Gasteiger partial charge on any atom is -0.872 e. The van der Waals surface area contributed by atoms with Crippen molar-refractivity contribution in [2.75, 3.05) is 13.1 Å². The van der Waals surface area contributed by atoms with Gasteiger partial charge in [0.05, 0.1) is 13.1 Å². The van der Waals surface area contributed by atoms with Crippen LogP contribution in [-0.2, 0) is 17.1 Å². The number of benzene rings is 2. The Morgan fingerprint density at radius 3 is 1.48 bits per heavy atom. The van der Waals surface area contributed by atoms with Gasteiger partial charge in [0.25, 0.3) is 0 Å². The van der Waals surface area contributed by atoms with Crippen LogP contribution in [0, 0.1) is 0 Å². The Morgan fingerprint density at radius 1 is 0.714 bits per heavy atom. The van der Waals surface area contributed by atoms with Crippen LogP contribution in [0.25, 0.3) is 0 Å². The van der Waals surface area contributed by atoms with E-state index >= 15 is 0 Å². The number of rotatable bonds is 5. The number of hydrogen-bond acceptors (Lipinski definition) is 4. The summed E-state index contributed by atoms with van der Waals surface area (Å²) in [6, 6.07) is 13.5. The van der Waals surface area contributed by atoms with E-state index in [2.05, 4.69) is 9.98 Å². The molecule has 21 heavy (non-hydrogen) atoms. The zero-order chi connectivity index (χ0) is 14.2. The molecule has 111 valence electrons. The largest absolute Gasteiger partial charge is 2.00 e. The zero-order valence-corrected chi connectivity index (χ0v) is 12.1. The Balaban J connectivity index is 0.00000220. The second kappa shape index (κ2) is 8.95. The topological polar surface area (TPSA) is 70.8 Å². The number of nitrogens with zero attached hydrogens (tertiary/aromatic N) is 2. The molecule has 0 amide bonds. The molecule has 0 aromatic heterocycles. The first-order chi connectivity index (χ1) is 9.77. The molecule has 0 fully saturated rings. The normalized spacial score (nSPS) is 10.9. The fourth-order valence-corrected chi connectivity index (χ4v) is 1.62. The van der Waals surface area contributed by atoms with E-state index in [0.717, 1.165) is 0 Å². The molecule has 0 N–H and O–H groups in total. The van der Waals surface area contributed by atoms with E-state index in [0.29, 0.717) is 24.2 Å². The Kier molecular flexibility index (Phi) is 7.22. The van der Waals surface area contributed by atoms with Crippen molar-refractivity contribution in [1.29, 1.82) is 0 Å². The summed E-state index contributed by atoms with van der Waals surface area (Å²) >= 11 is 0. The minimum atomic E-state index is -0.0416. The molecule has 0 saturated heterocycles. The van der Waals surface area contributed by atoms with E-state index in [1.165, 1.54) is 12.1 Å². The van der Waals surface area contributed by atoms with Gasteiger partial charge >= 0.3 is 17.1 Å². The standard InChI is InChI=1S/C16H16N2O2.Cu/c19-15-7-3-1-5-13(15)11-17-9-10-18-12-14-6-2-4-8-16(14)20;/h1-8,11-12,19-20H,9-10H2;/q;+2/p-2. The second-order valence-electron chi connectivity index (χ2n) is 4.15. The van der Waals surface area contributed by atoms with Gasteiger partial charge in [0.15, 0.2) is 0 Å². The summed E-state index contributed by atoms with van der Waals surface area (Å²) in [4.78, 5) is 8.28. The van der Waals surface area contributed by atoms with Gasteiger partial charge in [-0.15, -0.1) is 11.5 Å². The summed E-state index contributed by atoms with van der Waals surface area (Å²) in [6.07, 6.45) is 3.11. The molecular formula is C16H14CuN2O2. The van der Waals surface area contributed by atoms with Crippen LogP contribution in [0.4, 0.5) is 0 Å². The summed E-state index contributed by atoms with van der Waals surface area (Å²) in [5, 5.41) is 22.8. The van der Waals surface area contributed by atoms with Gasteiger partial charge in [-0.1, -0.05) is 48.5 Å². The van der Waals surface area contributed by atoms with Gasteiger partial charge in [0.1, 0.15) is 0 Å². The summed E-state index contributed by atoms with van der Waals surface area (Å²) < 4.78 is 0. The van der Waals surface area contributed by atoms with Crippen LogP contribution in [0.15, 0.2) is 58.5 Å². The Hall–Kier alpha value is -2.10. The maximum absolute atomic E-state index is 11.4. The fourth-order valence-electron chi connectivity index (χ4n) is 1.62. The first kappa shape index (κ1) is 17.0. The van der Waals surface area contributed by atoms with Gasteiger partial charge in [-0.2, -0.15) is 0 Å². The monoisotopic (exact) mass is 329 g/mol. The molecule has 0 saturated carbocycles. The van der Waals surface area contributed by atoms with Gasteiger partial charge in [-0.25, -0.2) is 0 Å². The molecule has 0 bridgehead atoms. The summed E-state index contributed by atoms with van der Waals surface area (Å²) in [5.41, 5.74) is 1.14. The average Bonchev–Trinajstić information content (AvgIpc) is 2.46. The van der Waals surface area contributed by atoms with Crippen LogP contribution < -0.4 is 10.2 Å². The van der Waals surface area contributed by atoms with Crippen molar-refractivity contribution in [3.8, 4) is 11.5 Å². The molecule has 5 heteroatoms. The van der Waals surface area contributed by atoms with Crippen LogP contribution >= 0.6 is 0 Å². The van der Waals surface area contributed by atoms with E-state index in [1.807, 2.05) is 0 Å². The number of aliphatic imine (C=N–C) groups is 2. The van der Waals surface area contributed by atoms with Crippen molar-refractivity contribution in [2.45, 2.75) is 0 Å². The predicted molar refractivity (Wildman–Crippen MR) is 76.7 cm³/mol. The first-order valence-corrected chi connectivity index (χ1v) is 6.29. The van der Waals surface area contributed by atoms with E-state index in [-0.39, 0.29) is 28.6 Å². The maximum Gasteiger partial charge on any atom is 2.00 e. The SMILES string of the molecule is [Cu+2].[O-]c1ccccc1C=NCCN=Cc1ccccc1[O-]. The Morgan fingerprint density at radius 2 is 1.10 bits per heavy atom. The summed E-state index contributed by atoms with van der Waals surface area (Å²) in [7, 11) is 0. The molecule has 0 spiro atoms. The zero-order valence-electron chi connectivity index (χ0n) is 11.2. The van der Waals surface area contributed by atoms with Crippen LogP contribution in [0.5, 0.6) is 11.5 Å². The van der Waals surface area contributed by atoms with Crippen LogP contribution in [0.2, 0.25) is 0 Å². The van der Waals surface area contributed by atoms with Gasteiger partial charge in [-0.3, -0.25) is 9.98 Å². The third kappa shape index (κ3) is 5.42. The van der Waals surface area contributed by atoms with Gasteiger partial charge in [-0.05, 0) is 11.1 Å². The van der Waals surface area contributed by atoms with Crippen molar-refractivity contribution < 1.29 is 27.3 Å². The van der Waals surface area contributed by atoms with Crippen molar-refractivity contribution in [3.63, 3.8) is 0 Å². The van der Waals surface area contributed by atoms with Crippen LogP contribution in [0.3, 0.4) is 0 Å². The molecule has 0 aliphatic rings. The van der Waals surface area contributed by atoms with Crippen molar-refractivity contribution >= 4 is 12.4 Å². The first-order valence-electron chi connectivity index (χ1n) is 6.29. The average molecular weight is 330 g/mol. The molecule has 1 radical (unpaired) electrons. The third-order valence-electron chi connectivity index (χ3n) is 2.66. The smallest absolute Gasteiger partial charge is 0.872 e. The molecule has 0 aliphatic carbocycles. The molecule has 2 rings (SSSR count). The predicted octanol–water partition coefficient (Wildman–Crippen LogP) is 1.37. The molecule has 0 heterocycles. The van der Waals surface area contributed by atoms with E-state index in [1.54, 1.807) is 48.8 Å². The Bertz CT molecular complexity index is 572. The quantitative estimate of drug-likeness (QED) is 0.472. The minimum absolute atomic E-state index is 0. The maximum atomic E-state index is 11.4. The molecule has 0 aliphatic heterocycles. The van der Waals surface area contributed by atoms with E-state index in [9.17, 15) is 10.2 Å². The summed E-state index contributed by atoms with van der Waals surface area (Å²) in [6.45, 7) is 0.956. The third-order valence-corrected chi connectivity index (χ3v) is 2.66. The van der Waals surface area contributed by atoms with Crippen molar-refractivity contribution in [1.82, 2.24) is 0 Å². The van der Waals surface area contributed by atoms with Crippen molar-refractivity contribution in [2.24, 2.45) is 9.98 Å². The van der Waals surface area contributed by atoms with Crippen LogP contribution in [0.1, 0.15) is 11.1 Å². The molecule has 0 atom stereocenters. The molecule has 2 aromatic carbocycles. The number of para-hydroxylation sites is 2. The molecular weight excluding hydrogens is 316 g/mol. The molecule has 4 nitrogen and oxygen atoms in total. The number of hydrogen-bond donors (Lipinski definition) is 0. The van der Waals surface area contributed by atoms with E-state index in [4.69, 9.17) is 0 Å². The molecule has 0 unspecified atom stereocenters. The Labute approximate surface area is 134 Å². The fraction of sp³-hybridized carbons (Fsp3) is 0.125. The summed E-state index contributed by atoms with van der Waals surface area (Å²) in [5.74, 6) is -0.0833. The molecule has 2 aromatic rings. The van der Waals surface area contributed by atoms with Gasteiger partial charge in [0.2, 0.25) is 0 Å².